The highest BCUT2D eigenvalue weighted by molar-refractivity contribution is 6.06. The number of nitrogens with two attached hydrogens (primary N) is 1. The van der Waals surface area contributed by atoms with Crippen LogP contribution in [-0.2, 0) is 38.6 Å². The number of rotatable bonds is 15. The van der Waals surface area contributed by atoms with E-state index in [2.05, 4.69) is 14.5 Å². The third kappa shape index (κ3) is 7.64. The van der Waals surface area contributed by atoms with E-state index in [4.69, 9.17) is 24.9 Å². The van der Waals surface area contributed by atoms with E-state index in [9.17, 15) is 9.59 Å². The first-order chi connectivity index (χ1) is 21.5. The summed E-state index contributed by atoms with van der Waals surface area (Å²) in [7, 11) is 1.68. The normalized spacial score (nSPS) is 13.5. The molecule has 0 aliphatic carbocycles. The number of hydrogen-bond donors (Lipinski definition) is 1. The smallest absolute Gasteiger partial charge is 0.344 e. The Bertz CT molecular complexity index is 1580. The van der Waals surface area contributed by atoms with Crippen LogP contribution in [0.3, 0.4) is 0 Å². The van der Waals surface area contributed by atoms with E-state index in [1.165, 1.54) is 0 Å². The van der Waals surface area contributed by atoms with Gasteiger partial charge in [0.1, 0.15) is 17.1 Å². The van der Waals surface area contributed by atoms with Gasteiger partial charge in [-0.2, -0.15) is 0 Å². The van der Waals surface area contributed by atoms with Crippen LogP contribution in [0.5, 0.6) is 5.75 Å². The van der Waals surface area contributed by atoms with Crippen LogP contribution in [0, 0.1) is 0 Å². The van der Waals surface area contributed by atoms with Crippen LogP contribution in [0.4, 0.5) is 5.82 Å². The van der Waals surface area contributed by atoms with Crippen molar-refractivity contribution in [3.8, 4) is 5.75 Å². The molecule has 3 heterocycles. The van der Waals surface area contributed by atoms with Crippen LogP contribution in [0.2, 0.25) is 0 Å². The van der Waals surface area contributed by atoms with Crippen LogP contribution >= 0.6 is 0 Å². The van der Waals surface area contributed by atoms with Crippen LogP contribution in [0.25, 0.3) is 21.9 Å². The Labute approximate surface area is 257 Å². The zero-order chi connectivity index (χ0) is 30.9. The minimum Gasteiger partial charge on any atom is -0.482 e. The van der Waals surface area contributed by atoms with Gasteiger partial charge in [-0.3, -0.25) is 9.69 Å². The number of anilines is 1. The molecule has 2 aromatic heterocycles. The predicted octanol–water partition coefficient (Wildman–Crippen LogP) is 3.81. The van der Waals surface area contributed by atoms with E-state index in [1.54, 1.807) is 20.1 Å². The van der Waals surface area contributed by atoms with Crippen molar-refractivity contribution >= 4 is 39.6 Å². The second-order valence-corrected chi connectivity index (χ2v) is 11.0. The maximum atomic E-state index is 13.6. The molecule has 44 heavy (non-hydrogen) atoms. The molecule has 1 aliphatic rings. The summed E-state index contributed by atoms with van der Waals surface area (Å²) in [5.74, 6) is 1.53. The lowest BCUT2D eigenvalue weighted by Crippen LogP contribution is -2.39. The number of carbonyl (C=O) groups excluding carboxylic acids is 2. The number of methoxy groups -OCH3 is 1. The standard InChI is InChI=1S/C33H42N6O5/c1-3-43-30(41)23-44-25-11-8-10-24(20-25)21-38(29(40)22-37-15-6-7-16-37)17-9-18-39-28(14-19-42-2)36-31-32(39)26-12-4-5-13-27(26)35-33(31)34/h4-5,8,10-13,20H,3,6-7,9,14-19,21-23H2,1-2H3,(H2,34,35). The van der Waals surface area contributed by atoms with Crippen molar-refractivity contribution in [3.63, 3.8) is 0 Å². The van der Waals surface area contributed by atoms with Gasteiger partial charge in [0.2, 0.25) is 5.91 Å². The fourth-order valence-electron chi connectivity index (χ4n) is 5.77. The zero-order valence-electron chi connectivity index (χ0n) is 25.7. The maximum absolute atomic E-state index is 13.6. The van der Waals surface area contributed by atoms with Gasteiger partial charge in [0.25, 0.3) is 0 Å². The molecule has 11 nitrogen and oxygen atoms in total. The van der Waals surface area contributed by atoms with Crippen LogP contribution < -0.4 is 10.5 Å². The summed E-state index contributed by atoms with van der Waals surface area (Å²) >= 11 is 0. The molecule has 1 aliphatic heterocycles. The van der Waals surface area contributed by atoms with Crippen LogP contribution in [-0.4, -0.2) is 89.3 Å². The van der Waals surface area contributed by atoms with Gasteiger partial charge in [0, 0.05) is 38.6 Å². The van der Waals surface area contributed by atoms with Crippen molar-refractivity contribution in [2.45, 2.75) is 45.7 Å². The number of carbonyl (C=O) groups is 2. The number of amides is 1. The molecule has 11 heteroatoms. The average Bonchev–Trinajstić information content (AvgIpc) is 3.67. The highest BCUT2D eigenvalue weighted by Crippen LogP contribution is 2.29. The van der Waals surface area contributed by atoms with E-state index >= 15 is 0 Å². The van der Waals surface area contributed by atoms with Gasteiger partial charge < -0.3 is 29.4 Å². The fraction of sp³-hybridized carbons (Fsp3) is 0.455. The quantitative estimate of drug-likeness (QED) is 0.202. The molecule has 0 bridgehead atoms. The lowest BCUT2D eigenvalue weighted by atomic mass is 10.1. The Morgan fingerprint density at radius 3 is 2.68 bits per heavy atom. The van der Waals surface area contributed by atoms with E-state index in [0.29, 0.717) is 69.3 Å². The third-order valence-corrected chi connectivity index (χ3v) is 7.87. The van der Waals surface area contributed by atoms with E-state index in [-0.39, 0.29) is 12.5 Å². The summed E-state index contributed by atoms with van der Waals surface area (Å²) in [4.78, 5) is 39.0. The van der Waals surface area contributed by atoms with Gasteiger partial charge in [0.15, 0.2) is 12.4 Å². The molecule has 0 spiro atoms. The lowest BCUT2D eigenvalue weighted by molar-refractivity contribution is -0.145. The molecule has 0 radical (unpaired) electrons. The number of likely N-dealkylation sites (tertiary alicyclic amines) is 1. The third-order valence-electron chi connectivity index (χ3n) is 7.87. The summed E-state index contributed by atoms with van der Waals surface area (Å²) in [6, 6.07) is 15.5. The molecule has 0 saturated carbocycles. The number of nitrogen functional groups attached to an aromatic ring is 1. The zero-order valence-corrected chi connectivity index (χ0v) is 25.7. The van der Waals surface area contributed by atoms with Crippen molar-refractivity contribution in [1.29, 1.82) is 0 Å². The molecule has 1 fully saturated rings. The van der Waals surface area contributed by atoms with Gasteiger partial charge >= 0.3 is 5.97 Å². The number of esters is 1. The van der Waals surface area contributed by atoms with Crippen molar-refractivity contribution in [2.75, 3.05) is 58.8 Å². The van der Waals surface area contributed by atoms with Crippen LogP contribution in [0.1, 0.15) is 37.6 Å². The highest BCUT2D eigenvalue weighted by Gasteiger charge is 2.22. The molecule has 5 rings (SSSR count). The number of hydrogen-bond acceptors (Lipinski definition) is 9. The average molecular weight is 603 g/mol. The summed E-state index contributed by atoms with van der Waals surface area (Å²) in [5, 5.41) is 0.995. The van der Waals surface area contributed by atoms with Crippen molar-refractivity contribution in [3.05, 3.63) is 59.9 Å². The number of imidazole rings is 1. The van der Waals surface area contributed by atoms with Gasteiger partial charge in [-0.15, -0.1) is 0 Å². The number of benzene rings is 2. The van der Waals surface area contributed by atoms with Gasteiger partial charge in [-0.25, -0.2) is 14.8 Å². The number of para-hydroxylation sites is 1. The minimum absolute atomic E-state index is 0.0961. The van der Waals surface area contributed by atoms with Gasteiger partial charge in [-0.05, 0) is 63.0 Å². The lowest BCUT2D eigenvalue weighted by Gasteiger charge is -2.26. The first-order valence-electron chi connectivity index (χ1n) is 15.4. The Morgan fingerprint density at radius 2 is 1.89 bits per heavy atom. The van der Waals surface area contributed by atoms with E-state index < -0.39 is 5.97 Å². The molecule has 1 saturated heterocycles. The number of nitrogens with zero attached hydrogens (tertiary/aromatic N) is 5. The second kappa shape index (κ2) is 15.0. The Hall–Kier alpha value is -4.22. The van der Waals surface area contributed by atoms with Gasteiger partial charge in [-0.1, -0.05) is 30.3 Å². The molecular formula is C33H42N6O5. The fourth-order valence-corrected chi connectivity index (χ4v) is 5.77. The summed E-state index contributed by atoms with van der Waals surface area (Å²) in [6.45, 7) is 6.38. The maximum Gasteiger partial charge on any atom is 0.344 e. The monoisotopic (exact) mass is 602 g/mol. The van der Waals surface area contributed by atoms with Crippen molar-refractivity contribution < 1.29 is 23.8 Å². The molecular weight excluding hydrogens is 560 g/mol. The first kappa shape index (κ1) is 31.2. The van der Waals surface area contributed by atoms with Crippen LogP contribution in [0.15, 0.2) is 48.5 Å². The number of pyridine rings is 1. The SMILES string of the molecule is CCOC(=O)COc1cccc(CN(CCCn2c(CCOC)nc3c(N)nc4ccccc4c32)C(=O)CN2CCCC2)c1. The molecule has 4 aromatic rings. The summed E-state index contributed by atoms with van der Waals surface area (Å²) < 4.78 is 18.2. The molecule has 2 N–H and O–H groups in total. The van der Waals surface area contributed by atoms with E-state index in [0.717, 1.165) is 53.7 Å². The number of aromatic nitrogens is 3. The topological polar surface area (TPSA) is 125 Å². The predicted molar refractivity (Wildman–Crippen MR) is 169 cm³/mol. The number of fused-ring (bicyclic) bond motifs is 3. The first-order valence-corrected chi connectivity index (χ1v) is 15.4. The summed E-state index contributed by atoms with van der Waals surface area (Å²) in [5.41, 5.74) is 9.77. The Balaban J connectivity index is 1.36. The summed E-state index contributed by atoms with van der Waals surface area (Å²) in [6.07, 6.45) is 3.59. The second-order valence-electron chi connectivity index (χ2n) is 11.0. The minimum atomic E-state index is -0.414. The molecule has 1 amide bonds. The number of ether oxygens (including phenoxy) is 3. The van der Waals surface area contributed by atoms with Crippen molar-refractivity contribution in [2.24, 2.45) is 0 Å². The number of aryl methyl sites for hydroxylation is 1. The van der Waals surface area contributed by atoms with Gasteiger partial charge in [0.05, 0.1) is 30.8 Å². The largest absolute Gasteiger partial charge is 0.482 e. The molecule has 234 valence electrons. The molecule has 2 aromatic carbocycles. The molecule has 0 unspecified atom stereocenters. The Morgan fingerprint density at radius 1 is 1.07 bits per heavy atom. The van der Waals surface area contributed by atoms with E-state index in [1.807, 2.05) is 47.4 Å². The van der Waals surface area contributed by atoms with Crippen molar-refractivity contribution in [1.82, 2.24) is 24.3 Å². The molecule has 0 atom stereocenters. The Kier molecular flexibility index (Phi) is 10.6. The highest BCUT2D eigenvalue weighted by atomic mass is 16.6.